The van der Waals surface area contributed by atoms with E-state index in [1.165, 1.54) is 0 Å². The largest absolute Gasteiger partial charge is 0.378 e. The van der Waals surface area contributed by atoms with Crippen LogP contribution in [0.2, 0.25) is 0 Å². The Kier molecular flexibility index (Phi) is 3.14. The van der Waals surface area contributed by atoms with Crippen molar-refractivity contribution in [2.24, 2.45) is 5.73 Å². The molecule has 0 unspecified atom stereocenters. The molecule has 1 heterocycles. The summed E-state index contributed by atoms with van der Waals surface area (Å²) in [5.41, 5.74) is 9.82. The van der Waals surface area contributed by atoms with Gasteiger partial charge in [-0.15, -0.1) is 0 Å². The fourth-order valence-corrected chi connectivity index (χ4v) is 2.55. The number of aromatic amines is 1. The van der Waals surface area contributed by atoms with Gasteiger partial charge in [0.2, 0.25) is 0 Å². The zero-order valence-electron chi connectivity index (χ0n) is 12.1. The van der Waals surface area contributed by atoms with E-state index in [1.807, 2.05) is 61.5 Å². The van der Waals surface area contributed by atoms with Crippen LogP contribution in [-0.4, -0.2) is 25.0 Å². The molecule has 4 heteroatoms. The van der Waals surface area contributed by atoms with Crippen molar-refractivity contribution in [1.82, 2.24) is 4.98 Å². The number of nitrogens with two attached hydrogens (primary N) is 1. The normalized spacial score (nSPS) is 10.8. The number of hydrogen-bond acceptors (Lipinski definition) is 2. The molecular formula is C17H17N3O. The van der Waals surface area contributed by atoms with Gasteiger partial charge < -0.3 is 15.6 Å². The van der Waals surface area contributed by atoms with Crippen molar-refractivity contribution in [3.63, 3.8) is 0 Å². The van der Waals surface area contributed by atoms with Gasteiger partial charge in [-0.05, 0) is 23.8 Å². The summed E-state index contributed by atoms with van der Waals surface area (Å²) in [5, 5.41) is 1.00. The summed E-state index contributed by atoms with van der Waals surface area (Å²) in [5.74, 6) is -0.448. The lowest BCUT2D eigenvalue weighted by Gasteiger charge is -2.12. The van der Waals surface area contributed by atoms with E-state index in [1.54, 1.807) is 0 Å². The fourth-order valence-electron chi connectivity index (χ4n) is 2.55. The first kappa shape index (κ1) is 13.2. The van der Waals surface area contributed by atoms with Crippen LogP contribution in [0.15, 0.2) is 48.5 Å². The SMILES string of the molecule is CN(C)c1ccc2[nH]c(C(N)=O)c(-c3ccccc3)c2c1. The Morgan fingerprint density at radius 1 is 1.10 bits per heavy atom. The highest BCUT2D eigenvalue weighted by atomic mass is 16.1. The lowest BCUT2D eigenvalue weighted by Crippen LogP contribution is -2.12. The van der Waals surface area contributed by atoms with Gasteiger partial charge in [0.1, 0.15) is 5.69 Å². The first-order chi connectivity index (χ1) is 10.1. The molecule has 1 amide bonds. The molecule has 0 saturated carbocycles. The molecule has 0 radical (unpaired) electrons. The zero-order chi connectivity index (χ0) is 15.0. The van der Waals surface area contributed by atoms with E-state index in [2.05, 4.69) is 11.1 Å². The van der Waals surface area contributed by atoms with E-state index in [4.69, 9.17) is 5.73 Å². The molecule has 1 aromatic heterocycles. The topological polar surface area (TPSA) is 62.1 Å². The van der Waals surface area contributed by atoms with Gasteiger partial charge in [-0.25, -0.2) is 0 Å². The lowest BCUT2D eigenvalue weighted by atomic mass is 10.0. The molecule has 0 aliphatic heterocycles. The molecule has 0 saturated heterocycles. The van der Waals surface area contributed by atoms with Crippen molar-refractivity contribution in [2.45, 2.75) is 0 Å². The number of hydrogen-bond donors (Lipinski definition) is 2. The van der Waals surface area contributed by atoms with E-state index in [0.717, 1.165) is 27.7 Å². The van der Waals surface area contributed by atoms with Crippen molar-refractivity contribution in [3.05, 3.63) is 54.2 Å². The van der Waals surface area contributed by atoms with E-state index >= 15 is 0 Å². The summed E-state index contributed by atoms with van der Waals surface area (Å²) in [7, 11) is 3.98. The molecule has 3 rings (SSSR count). The molecule has 2 aromatic carbocycles. The second-order valence-corrected chi connectivity index (χ2v) is 5.23. The number of aromatic nitrogens is 1. The van der Waals surface area contributed by atoms with E-state index in [9.17, 15) is 4.79 Å². The van der Waals surface area contributed by atoms with Gasteiger partial charge in [0.15, 0.2) is 0 Å². The average Bonchev–Trinajstić information content (AvgIpc) is 2.86. The number of carbonyl (C=O) groups is 1. The predicted molar refractivity (Wildman–Crippen MR) is 86.6 cm³/mol. The molecule has 0 aliphatic carbocycles. The van der Waals surface area contributed by atoms with Crippen molar-refractivity contribution >= 4 is 22.5 Å². The Balaban J connectivity index is 2.35. The first-order valence-electron chi connectivity index (χ1n) is 6.76. The van der Waals surface area contributed by atoms with Crippen molar-refractivity contribution in [3.8, 4) is 11.1 Å². The van der Waals surface area contributed by atoms with Crippen LogP contribution in [0.25, 0.3) is 22.0 Å². The molecule has 3 aromatic rings. The van der Waals surface area contributed by atoms with Crippen LogP contribution in [0.3, 0.4) is 0 Å². The summed E-state index contributed by atoms with van der Waals surface area (Å²) in [4.78, 5) is 16.9. The van der Waals surface area contributed by atoms with Crippen LogP contribution in [-0.2, 0) is 0 Å². The minimum absolute atomic E-state index is 0.448. The molecule has 0 fully saturated rings. The van der Waals surface area contributed by atoms with Crippen LogP contribution >= 0.6 is 0 Å². The predicted octanol–water partition coefficient (Wildman–Crippen LogP) is 3.00. The highest BCUT2D eigenvalue weighted by Crippen LogP contribution is 2.34. The third kappa shape index (κ3) is 2.25. The molecule has 0 aliphatic rings. The number of fused-ring (bicyclic) bond motifs is 1. The maximum Gasteiger partial charge on any atom is 0.265 e. The van der Waals surface area contributed by atoms with E-state index in [-0.39, 0.29) is 0 Å². The molecule has 0 bridgehead atoms. The molecule has 21 heavy (non-hydrogen) atoms. The first-order valence-corrected chi connectivity index (χ1v) is 6.76. The molecule has 106 valence electrons. The van der Waals surface area contributed by atoms with Gasteiger partial charge in [0, 0.05) is 36.2 Å². The summed E-state index contributed by atoms with van der Waals surface area (Å²) in [6.07, 6.45) is 0. The number of carbonyl (C=O) groups excluding carboxylic acids is 1. The minimum atomic E-state index is -0.448. The van der Waals surface area contributed by atoms with Gasteiger partial charge in [0.25, 0.3) is 5.91 Å². The smallest absolute Gasteiger partial charge is 0.265 e. The van der Waals surface area contributed by atoms with Gasteiger partial charge in [-0.3, -0.25) is 4.79 Å². The number of nitrogens with one attached hydrogen (secondary N) is 1. The number of amides is 1. The maximum atomic E-state index is 11.8. The average molecular weight is 279 g/mol. The standard InChI is InChI=1S/C17H17N3O/c1-20(2)12-8-9-14-13(10-12)15(16(19-14)17(18)21)11-6-4-3-5-7-11/h3-10,19H,1-2H3,(H2,18,21). The number of primary amides is 1. The molecular weight excluding hydrogens is 262 g/mol. The molecule has 3 N–H and O–H groups in total. The van der Waals surface area contributed by atoms with Crippen molar-refractivity contribution in [1.29, 1.82) is 0 Å². The second kappa shape index (κ2) is 4.98. The van der Waals surface area contributed by atoms with Crippen molar-refractivity contribution in [2.75, 3.05) is 19.0 Å². The van der Waals surface area contributed by atoms with Gasteiger partial charge >= 0.3 is 0 Å². The molecule has 4 nitrogen and oxygen atoms in total. The highest BCUT2D eigenvalue weighted by Gasteiger charge is 2.17. The van der Waals surface area contributed by atoms with E-state index in [0.29, 0.717) is 5.69 Å². The summed E-state index contributed by atoms with van der Waals surface area (Å²) in [6, 6.07) is 15.9. The highest BCUT2D eigenvalue weighted by molar-refractivity contribution is 6.09. The summed E-state index contributed by atoms with van der Waals surface area (Å²) < 4.78 is 0. The Morgan fingerprint density at radius 3 is 2.43 bits per heavy atom. The maximum absolute atomic E-state index is 11.8. The third-order valence-corrected chi connectivity index (χ3v) is 3.61. The number of rotatable bonds is 3. The van der Waals surface area contributed by atoms with Crippen molar-refractivity contribution < 1.29 is 4.79 Å². The number of nitrogens with zero attached hydrogens (tertiary/aromatic N) is 1. The van der Waals surface area contributed by atoms with Gasteiger partial charge in [-0.2, -0.15) is 0 Å². The lowest BCUT2D eigenvalue weighted by molar-refractivity contribution is 0.0997. The van der Waals surface area contributed by atoms with Crippen LogP contribution < -0.4 is 10.6 Å². The fraction of sp³-hybridized carbons (Fsp3) is 0.118. The molecule has 0 atom stereocenters. The van der Waals surface area contributed by atoms with Gasteiger partial charge in [0.05, 0.1) is 0 Å². The van der Waals surface area contributed by atoms with Crippen LogP contribution in [0, 0.1) is 0 Å². The summed E-state index contributed by atoms with van der Waals surface area (Å²) >= 11 is 0. The van der Waals surface area contributed by atoms with Crippen LogP contribution in [0.1, 0.15) is 10.5 Å². The molecule has 0 spiro atoms. The third-order valence-electron chi connectivity index (χ3n) is 3.61. The second-order valence-electron chi connectivity index (χ2n) is 5.23. The minimum Gasteiger partial charge on any atom is -0.378 e. The Hall–Kier alpha value is -2.75. The number of anilines is 1. The Labute approximate surface area is 123 Å². The zero-order valence-corrected chi connectivity index (χ0v) is 12.1. The Morgan fingerprint density at radius 2 is 1.81 bits per heavy atom. The summed E-state index contributed by atoms with van der Waals surface area (Å²) in [6.45, 7) is 0. The van der Waals surface area contributed by atoms with Crippen LogP contribution in [0.4, 0.5) is 5.69 Å². The van der Waals surface area contributed by atoms with E-state index < -0.39 is 5.91 Å². The monoisotopic (exact) mass is 279 g/mol. The Bertz CT molecular complexity index is 804. The quantitative estimate of drug-likeness (QED) is 0.774. The van der Waals surface area contributed by atoms with Gasteiger partial charge in [-0.1, -0.05) is 30.3 Å². The number of H-pyrrole nitrogens is 1. The van der Waals surface area contributed by atoms with Crippen LogP contribution in [0.5, 0.6) is 0 Å². The number of benzene rings is 2.